The Hall–Kier alpha value is -2.19. The van der Waals surface area contributed by atoms with Crippen molar-refractivity contribution in [3.63, 3.8) is 0 Å². The van der Waals surface area contributed by atoms with E-state index in [1.807, 2.05) is 53.2 Å². The SMILES string of the molecule is O=C(O[C@H]1C[N+]2(CCOc3ccccc3)CCC1CC2)C(O)(c1cccs1)c1cccs1. The number of esters is 1. The van der Waals surface area contributed by atoms with Crippen LogP contribution >= 0.6 is 22.7 Å². The van der Waals surface area contributed by atoms with Crippen LogP contribution < -0.4 is 4.74 Å². The van der Waals surface area contributed by atoms with Crippen LogP contribution in [-0.4, -0.2) is 54.4 Å². The molecule has 32 heavy (non-hydrogen) atoms. The summed E-state index contributed by atoms with van der Waals surface area (Å²) in [5.74, 6) is 0.697. The fourth-order valence-electron chi connectivity index (χ4n) is 5.06. The van der Waals surface area contributed by atoms with Gasteiger partial charge in [0.15, 0.2) is 6.10 Å². The van der Waals surface area contributed by atoms with Crippen LogP contribution in [0.5, 0.6) is 5.75 Å². The number of hydrogen-bond donors (Lipinski definition) is 1. The number of rotatable bonds is 8. The highest BCUT2D eigenvalue weighted by atomic mass is 32.1. The molecule has 0 aliphatic carbocycles. The van der Waals surface area contributed by atoms with Gasteiger partial charge >= 0.3 is 5.97 Å². The number of thiophene rings is 2. The zero-order chi connectivity index (χ0) is 22.0. The summed E-state index contributed by atoms with van der Waals surface area (Å²) in [6.07, 6.45) is 1.91. The van der Waals surface area contributed by atoms with Gasteiger partial charge in [0.05, 0.1) is 22.8 Å². The lowest BCUT2D eigenvalue weighted by atomic mass is 9.83. The van der Waals surface area contributed by atoms with Gasteiger partial charge in [0.25, 0.3) is 0 Å². The Bertz CT molecular complexity index is 977. The molecule has 3 aliphatic rings. The maximum atomic E-state index is 13.4. The van der Waals surface area contributed by atoms with Gasteiger partial charge < -0.3 is 19.1 Å². The topological polar surface area (TPSA) is 55.8 Å². The molecule has 0 spiro atoms. The quantitative estimate of drug-likeness (QED) is 0.395. The van der Waals surface area contributed by atoms with Crippen LogP contribution in [-0.2, 0) is 15.1 Å². The molecule has 0 amide bonds. The first-order valence-electron chi connectivity index (χ1n) is 11.1. The largest absolute Gasteiger partial charge is 0.488 e. The summed E-state index contributed by atoms with van der Waals surface area (Å²) < 4.78 is 13.0. The van der Waals surface area contributed by atoms with E-state index >= 15 is 0 Å². The number of quaternary nitrogens is 1. The lowest BCUT2D eigenvalue weighted by molar-refractivity contribution is -0.946. The zero-order valence-electron chi connectivity index (χ0n) is 17.9. The lowest BCUT2D eigenvalue weighted by Crippen LogP contribution is -2.65. The standard InChI is InChI=1S/C25H28NO4S2/c27-24(25(28,22-8-4-16-31-22)23-9-5-17-32-23)30-21-18-26(12-10-19(21)11-13-26)14-15-29-20-6-2-1-3-7-20/h1-9,16-17,19,21,28H,10-15,18H2/q+1/t19?,21-,26?/m0/s1. The second-order valence-corrected chi connectivity index (χ2v) is 10.7. The summed E-state index contributed by atoms with van der Waals surface area (Å²) in [5, 5.41) is 15.3. The van der Waals surface area contributed by atoms with E-state index in [1.54, 1.807) is 12.1 Å². The molecule has 2 aromatic heterocycles. The maximum Gasteiger partial charge on any atom is 0.349 e. The summed E-state index contributed by atoms with van der Waals surface area (Å²) >= 11 is 2.75. The molecule has 3 fully saturated rings. The molecule has 3 aliphatic heterocycles. The van der Waals surface area contributed by atoms with Gasteiger partial charge in [0, 0.05) is 18.8 Å². The average molecular weight is 471 g/mol. The van der Waals surface area contributed by atoms with E-state index in [9.17, 15) is 9.90 Å². The Morgan fingerprint density at radius 3 is 2.25 bits per heavy atom. The Kier molecular flexibility index (Phi) is 6.07. The monoisotopic (exact) mass is 470 g/mol. The lowest BCUT2D eigenvalue weighted by Gasteiger charge is -2.52. The summed E-state index contributed by atoms with van der Waals surface area (Å²) in [5.41, 5.74) is -1.74. The van der Waals surface area contributed by atoms with Crippen molar-refractivity contribution in [2.75, 3.05) is 32.8 Å². The molecule has 0 unspecified atom stereocenters. The normalized spacial score (nSPS) is 24.9. The zero-order valence-corrected chi connectivity index (χ0v) is 19.5. The van der Waals surface area contributed by atoms with Crippen LogP contribution in [0.2, 0.25) is 0 Å². The van der Waals surface area contributed by atoms with Crippen molar-refractivity contribution in [3.05, 3.63) is 75.1 Å². The highest BCUT2D eigenvalue weighted by Gasteiger charge is 2.51. The average Bonchev–Trinajstić information content (AvgIpc) is 3.55. The van der Waals surface area contributed by atoms with E-state index in [2.05, 4.69) is 0 Å². The molecule has 7 heteroatoms. The highest BCUT2D eigenvalue weighted by molar-refractivity contribution is 7.12. The van der Waals surface area contributed by atoms with Crippen molar-refractivity contribution >= 4 is 28.6 Å². The first-order valence-corrected chi connectivity index (χ1v) is 12.9. The molecular weight excluding hydrogens is 442 g/mol. The van der Waals surface area contributed by atoms with Crippen molar-refractivity contribution in [1.29, 1.82) is 0 Å². The van der Waals surface area contributed by atoms with Crippen LogP contribution in [0.1, 0.15) is 22.6 Å². The first kappa shape index (κ1) is 21.6. The third kappa shape index (κ3) is 4.10. The van der Waals surface area contributed by atoms with Crippen molar-refractivity contribution in [2.45, 2.75) is 24.5 Å². The number of piperidine rings is 3. The predicted molar refractivity (Wildman–Crippen MR) is 126 cm³/mol. The number of carbonyl (C=O) groups excluding carboxylic acids is 1. The Balaban J connectivity index is 1.28. The fraction of sp³-hybridized carbons (Fsp3) is 0.400. The molecule has 5 nitrogen and oxygen atoms in total. The number of benzene rings is 1. The molecular formula is C25H28NO4S2+. The van der Waals surface area contributed by atoms with Gasteiger partial charge in [-0.3, -0.25) is 0 Å². The van der Waals surface area contributed by atoms with E-state index in [1.165, 1.54) is 22.7 Å². The molecule has 5 heterocycles. The van der Waals surface area contributed by atoms with Gasteiger partial charge in [-0.25, -0.2) is 4.79 Å². The summed E-state index contributed by atoms with van der Waals surface area (Å²) in [4.78, 5) is 14.6. The predicted octanol–water partition coefficient (Wildman–Crippen LogP) is 4.28. The molecule has 6 rings (SSSR count). The van der Waals surface area contributed by atoms with E-state index in [4.69, 9.17) is 9.47 Å². The highest BCUT2D eigenvalue weighted by Crippen LogP contribution is 2.40. The van der Waals surface area contributed by atoms with Crippen molar-refractivity contribution in [1.82, 2.24) is 0 Å². The van der Waals surface area contributed by atoms with Crippen molar-refractivity contribution < 1.29 is 23.9 Å². The number of hydrogen-bond acceptors (Lipinski definition) is 6. The summed E-state index contributed by atoms with van der Waals surface area (Å²) in [6.45, 7) is 4.52. The Morgan fingerprint density at radius 1 is 1.00 bits per heavy atom. The van der Waals surface area contributed by atoms with Crippen LogP contribution in [0.3, 0.4) is 0 Å². The summed E-state index contributed by atoms with van der Waals surface area (Å²) in [7, 11) is 0. The van der Waals surface area contributed by atoms with Crippen molar-refractivity contribution in [2.24, 2.45) is 5.92 Å². The molecule has 3 aromatic rings. The van der Waals surface area contributed by atoms with Crippen LogP contribution in [0.15, 0.2) is 65.4 Å². The second kappa shape index (κ2) is 8.98. The summed E-state index contributed by atoms with van der Waals surface area (Å²) in [6, 6.07) is 17.2. The van der Waals surface area contributed by atoms with Gasteiger partial charge in [-0.05, 0) is 35.0 Å². The number of nitrogens with zero attached hydrogens (tertiary/aromatic N) is 1. The van der Waals surface area contributed by atoms with E-state index < -0.39 is 11.6 Å². The van der Waals surface area contributed by atoms with E-state index in [0.717, 1.165) is 49.3 Å². The number of ether oxygens (including phenoxy) is 2. The molecule has 2 bridgehead atoms. The minimum Gasteiger partial charge on any atom is -0.488 e. The fourth-order valence-corrected chi connectivity index (χ4v) is 6.77. The minimum atomic E-state index is -1.74. The maximum absolute atomic E-state index is 13.4. The molecule has 0 saturated carbocycles. The molecule has 3 saturated heterocycles. The van der Waals surface area contributed by atoms with Crippen molar-refractivity contribution in [3.8, 4) is 5.75 Å². The molecule has 0 radical (unpaired) electrons. The molecule has 1 atom stereocenters. The number of fused-ring (bicyclic) bond motifs is 3. The van der Waals surface area contributed by atoms with E-state index in [0.29, 0.717) is 22.3 Å². The Morgan fingerprint density at radius 2 is 1.66 bits per heavy atom. The molecule has 168 valence electrons. The number of carbonyl (C=O) groups is 1. The Labute approximate surface area is 196 Å². The first-order chi connectivity index (χ1) is 15.6. The van der Waals surface area contributed by atoms with Gasteiger partial charge in [0.2, 0.25) is 5.60 Å². The van der Waals surface area contributed by atoms with Crippen LogP contribution in [0.25, 0.3) is 0 Å². The number of aliphatic hydroxyl groups is 1. The van der Waals surface area contributed by atoms with Crippen LogP contribution in [0, 0.1) is 5.92 Å². The van der Waals surface area contributed by atoms with Gasteiger partial charge in [-0.1, -0.05) is 30.3 Å². The third-order valence-electron chi connectivity index (χ3n) is 6.93. The molecule has 1 aromatic carbocycles. The van der Waals surface area contributed by atoms with Crippen LogP contribution in [0.4, 0.5) is 0 Å². The third-order valence-corrected chi connectivity index (χ3v) is 8.89. The minimum absolute atomic E-state index is 0.173. The molecule has 1 N–H and O–H groups in total. The number of para-hydroxylation sites is 1. The van der Waals surface area contributed by atoms with Gasteiger partial charge in [0.1, 0.15) is 25.4 Å². The smallest absolute Gasteiger partial charge is 0.349 e. The van der Waals surface area contributed by atoms with Gasteiger partial charge in [-0.2, -0.15) is 0 Å². The second-order valence-electron chi connectivity index (χ2n) is 8.80. The van der Waals surface area contributed by atoms with E-state index in [-0.39, 0.29) is 6.10 Å². The van der Waals surface area contributed by atoms with Gasteiger partial charge in [-0.15, -0.1) is 22.7 Å².